The summed E-state index contributed by atoms with van der Waals surface area (Å²) < 4.78 is 16.8. The van der Waals surface area contributed by atoms with Crippen LogP contribution in [0.2, 0.25) is 0 Å². The quantitative estimate of drug-likeness (QED) is 0.802. The molecule has 0 unspecified atom stereocenters. The third-order valence-electron chi connectivity index (χ3n) is 5.23. The van der Waals surface area contributed by atoms with Crippen molar-refractivity contribution in [1.29, 1.82) is 0 Å². The van der Waals surface area contributed by atoms with Gasteiger partial charge in [-0.15, -0.1) is 0 Å². The number of phenolic OH excluding ortho intramolecular Hbond substituents is 2. The lowest BCUT2D eigenvalue weighted by molar-refractivity contribution is 0.101. The van der Waals surface area contributed by atoms with Gasteiger partial charge in [0.1, 0.15) is 17.1 Å². The number of carbonyl (C=O) groups is 1. The van der Waals surface area contributed by atoms with Gasteiger partial charge in [-0.2, -0.15) is 0 Å². The van der Waals surface area contributed by atoms with Crippen molar-refractivity contribution in [2.24, 2.45) is 0 Å². The van der Waals surface area contributed by atoms with Crippen molar-refractivity contribution < 1.29 is 29.2 Å². The van der Waals surface area contributed by atoms with Gasteiger partial charge in [-0.3, -0.25) is 9.69 Å². The molecule has 0 saturated heterocycles. The van der Waals surface area contributed by atoms with E-state index < -0.39 is 5.78 Å². The van der Waals surface area contributed by atoms with E-state index in [9.17, 15) is 15.0 Å². The summed E-state index contributed by atoms with van der Waals surface area (Å²) in [6.07, 6.45) is 0.785. The third-order valence-corrected chi connectivity index (χ3v) is 5.23. The van der Waals surface area contributed by atoms with E-state index in [2.05, 4.69) is 4.90 Å². The predicted octanol–water partition coefficient (Wildman–Crippen LogP) is 2.61. The third kappa shape index (κ3) is 2.57. The Labute approximate surface area is 156 Å². The molecule has 7 heteroatoms. The average Bonchev–Trinajstić information content (AvgIpc) is 3.09. The molecule has 0 aromatic heterocycles. The maximum Gasteiger partial charge on any atom is 0.231 e. The molecule has 2 N–H and O–H groups in total. The number of fused-ring (bicyclic) bond motifs is 2. The van der Waals surface area contributed by atoms with Crippen LogP contribution < -0.4 is 14.2 Å². The first-order chi connectivity index (χ1) is 12.9. The molecule has 0 radical (unpaired) electrons. The number of hydrogen-bond acceptors (Lipinski definition) is 7. The number of rotatable bonds is 3. The van der Waals surface area contributed by atoms with Crippen molar-refractivity contribution in [2.45, 2.75) is 19.4 Å². The van der Waals surface area contributed by atoms with Gasteiger partial charge in [0.25, 0.3) is 0 Å². The molecule has 7 nitrogen and oxygen atoms in total. The van der Waals surface area contributed by atoms with E-state index in [1.165, 1.54) is 13.0 Å². The van der Waals surface area contributed by atoms with Crippen molar-refractivity contribution in [3.63, 3.8) is 0 Å². The molecule has 4 rings (SSSR count). The van der Waals surface area contributed by atoms with E-state index in [0.717, 1.165) is 24.1 Å². The summed E-state index contributed by atoms with van der Waals surface area (Å²) >= 11 is 0. The lowest BCUT2D eigenvalue weighted by atomic mass is 9.85. The first kappa shape index (κ1) is 17.5. The highest BCUT2D eigenvalue weighted by Gasteiger charge is 2.36. The maximum absolute atomic E-state index is 11.9. The van der Waals surface area contributed by atoms with Crippen molar-refractivity contribution in [3.8, 4) is 28.7 Å². The number of methoxy groups -OCH3 is 1. The van der Waals surface area contributed by atoms with Crippen molar-refractivity contribution >= 4 is 5.78 Å². The summed E-state index contributed by atoms with van der Waals surface area (Å²) in [7, 11) is 3.51. The van der Waals surface area contributed by atoms with Crippen LogP contribution >= 0.6 is 0 Å². The molecule has 0 fully saturated rings. The number of likely N-dealkylation sites (N-methyl/N-ethyl adjacent to an activating group) is 1. The standard InChI is InChI=1S/C20H21NO6/c1-10(22)15-13(23)5-4-12(18(15)24)17-16-11(6-7-21(17)2)8-14-19(20(16)25-3)27-9-26-14/h4-5,8,17,23-24H,6-7,9H2,1-3H3/t17-/m1/s1. The van der Waals surface area contributed by atoms with Crippen molar-refractivity contribution in [2.75, 3.05) is 27.5 Å². The molecule has 2 aliphatic heterocycles. The molecular weight excluding hydrogens is 350 g/mol. The lowest BCUT2D eigenvalue weighted by Crippen LogP contribution is -2.33. The summed E-state index contributed by atoms with van der Waals surface area (Å²) in [4.78, 5) is 14.0. The van der Waals surface area contributed by atoms with Gasteiger partial charge in [0.2, 0.25) is 12.5 Å². The Bertz CT molecular complexity index is 939. The van der Waals surface area contributed by atoms with E-state index >= 15 is 0 Å². The molecule has 2 aliphatic rings. The molecule has 142 valence electrons. The highest BCUT2D eigenvalue weighted by Crippen LogP contribution is 2.52. The average molecular weight is 371 g/mol. The van der Waals surface area contributed by atoms with Crippen LogP contribution in [0.5, 0.6) is 28.7 Å². The predicted molar refractivity (Wildman–Crippen MR) is 97.1 cm³/mol. The Morgan fingerprint density at radius 1 is 1.30 bits per heavy atom. The minimum atomic E-state index is -0.400. The maximum atomic E-state index is 11.9. The zero-order valence-electron chi connectivity index (χ0n) is 15.4. The first-order valence-electron chi connectivity index (χ1n) is 8.69. The summed E-state index contributed by atoms with van der Waals surface area (Å²) in [5, 5.41) is 20.8. The number of benzene rings is 2. The monoisotopic (exact) mass is 371 g/mol. The number of nitrogens with zero attached hydrogens (tertiary/aromatic N) is 1. The van der Waals surface area contributed by atoms with E-state index in [-0.39, 0.29) is 29.9 Å². The second kappa shape index (κ2) is 6.35. The number of ether oxygens (including phenoxy) is 3. The SMILES string of the molecule is COc1c2c(cc3c1[C@@H](c1ccc(O)c(C(C)=O)c1O)N(C)CC3)OCO2. The minimum Gasteiger partial charge on any atom is -0.507 e. The molecule has 0 saturated carbocycles. The highest BCUT2D eigenvalue weighted by atomic mass is 16.7. The first-order valence-corrected chi connectivity index (χ1v) is 8.69. The second-order valence-electron chi connectivity index (χ2n) is 6.80. The van der Waals surface area contributed by atoms with Gasteiger partial charge in [0.05, 0.1) is 13.2 Å². The van der Waals surface area contributed by atoms with Gasteiger partial charge in [0, 0.05) is 17.7 Å². The van der Waals surface area contributed by atoms with Gasteiger partial charge in [-0.25, -0.2) is 0 Å². The minimum absolute atomic E-state index is 0.0762. The fraction of sp³-hybridized carbons (Fsp3) is 0.350. The Morgan fingerprint density at radius 2 is 2.07 bits per heavy atom. The molecule has 0 amide bonds. The fourth-order valence-corrected chi connectivity index (χ4v) is 3.99. The van der Waals surface area contributed by atoms with Crippen LogP contribution in [0.4, 0.5) is 0 Å². The number of phenols is 2. The van der Waals surface area contributed by atoms with Crippen LogP contribution in [-0.2, 0) is 6.42 Å². The van der Waals surface area contributed by atoms with Gasteiger partial charge in [-0.05, 0) is 44.2 Å². The van der Waals surface area contributed by atoms with E-state index in [0.29, 0.717) is 22.8 Å². The number of hydrogen-bond donors (Lipinski definition) is 2. The Morgan fingerprint density at radius 3 is 2.78 bits per heavy atom. The normalized spacial score (nSPS) is 18.3. The summed E-state index contributed by atoms with van der Waals surface area (Å²) in [5.74, 6) is 0.901. The smallest absolute Gasteiger partial charge is 0.231 e. The van der Waals surface area contributed by atoms with Gasteiger partial charge >= 0.3 is 0 Å². The lowest BCUT2D eigenvalue weighted by Gasteiger charge is -2.36. The summed E-state index contributed by atoms with van der Waals surface area (Å²) in [6.45, 7) is 2.19. The number of carbonyl (C=O) groups excluding carboxylic acids is 1. The Hall–Kier alpha value is -2.93. The zero-order valence-corrected chi connectivity index (χ0v) is 15.4. The molecule has 0 spiro atoms. The van der Waals surface area contributed by atoms with Crippen molar-refractivity contribution in [1.82, 2.24) is 4.90 Å². The van der Waals surface area contributed by atoms with Crippen LogP contribution in [-0.4, -0.2) is 48.4 Å². The number of Topliss-reactive ketones (excluding diaryl/α,β-unsaturated/α-hetero) is 1. The van der Waals surface area contributed by atoms with Crippen molar-refractivity contribution in [3.05, 3.63) is 40.5 Å². The van der Waals surface area contributed by atoms with Crippen LogP contribution in [0.15, 0.2) is 18.2 Å². The van der Waals surface area contributed by atoms with Crippen LogP contribution in [0.1, 0.15) is 40.0 Å². The summed E-state index contributed by atoms with van der Waals surface area (Å²) in [6, 6.07) is 4.66. The van der Waals surface area contributed by atoms with Crippen LogP contribution in [0, 0.1) is 0 Å². The molecule has 0 bridgehead atoms. The molecule has 27 heavy (non-hydrogen) atoms. The fourth-order valence-electron chi connectivity index (χ4n) is 3.99. The molecule has 2 aromatic rings. The van der Waals surface area contributed by atoms with Gasteiger partial charge in [-0.1, -0.05) is 0 Å². The van der Waals surface area contributed by atoms with Gasteiger partial charge < -0.3 is 24.4 Å². The molecule has 1 atom stereocenters. The topological polar surface area (TPSA) is 88.5 Å². The zero-order chi connectivity index (χ0) is 19.3. The Kier molecular flexibility index (Phi) is 4.11. The number of aromatic hydroxyl groups is 2. The molecule has 2 heterocycles. The van der Waals surface area contributed by atoms with Gasteiger partial charge in [0.15, 0.2) is 17.3 Å². The molecule has 2 aromatic carbocycles. The number of ketones is 1. The van der Waals surface area contributed by atoms with Crippen LogP contribution in [0.3, 0.4) is 0 Å². The Balaban J connectivity index is 1.97. The largest absolute Gasteiger partial charge is 0.507 e. The highest BCUT2D eigenvalue weighted by molar-refractivity contribution is 6.00. The van der Waals surface area contributed by atoms with E-state index in [4.69, 9.17) is 14.2 Å². The summed E-state index contributed by atoms with van der Waals surface area (Å²) in [5.41, 5.74) is 2.35. The van der Waals surface area contributed by atoms with E-state index in [1.807, 2.05) is 13.1 Å². The molecule has 0 aliphatic carbocycles. The molecular formula is C20H21NO6. The second-order valence-corrected chi connectivity index (χ2v) is 6.80. The van der Waals surface area contributed by atoms with Crippen LogP contribution in [0.25, 0.3) is 0 Å². The van der Waals surface area contributed by atoms with E-state index in [1.54, 1.807) is 13.2 Å².